The van der Waals surface area contributed by atoms with Gasteiger partial charge in [-0.3, -0.25) is 4.79 Å². The van der Waals surface area contributed by atoms with Gasteiger partial charge in [-0.25, -0.2) is 0 Å². The van der Waals surface area contributed by atoms with Crippen LogP contribution in [0.4, 0.5) is 0 Å². The summed E-state index contributed by atoms with van der Waals surface area (Å²) >= 11 is 0. The topological polar surface area (TPSA) is 37.3 Å². The summed E-state index contributed by atoms with van der Waals surface area (Å²) in [4.78, 5) is 11.9. The number of aliphatic hydroxyl groups is 1. The van der Waals surface area contributed by atoms with Gasteiger partial charge in [-0.2, -0.15) is 0 Å². The zero-order valence-electron chi connectivity index (χ0n) is 15.0. The molecule has 3 aliphatic rings. The summed E-state index contributed by atoms with van der Waals surface area (Å²) in [5, 5.41) is 10.1. The lowest BCUT2D eigenvalue weighted by Gasteiger charge is -2.50. The highest BCUT2D eigenvalue weighted by Gasteiger charge is 2.46. The van der Waals surface area contributed by atoms with Crippen molar-refractivity contribution in [1.29, 1.82) is 0 Å². The number of carbonyl (C=O) groups is 1. The Bertz CT molecular complexity index is 530. The van der Waals surface area contributed by atoms with Crippen LogP contribution >= 0.6 is 0 Å². The van der Waals surface area contributed by atoms with E-state index in [4.69, 9.17) is 0 Å². The van der Waals surface area contributed by atoms with Crippen molar-refractivity contribution in [3.8, 4) is 0 Å². The first-order valence-electron chi connectivity index (χ1n) is 9.50. The number of Topliss-reactive ketones (excluding diaryl/α,β-unsaturated/α-hetero) is 1. The van der Waals surface area contributed by atoms with Gasteiger partial charge in [-0.15, -0.1) is 0 Å². The fourth-order valence-corrected chi connectivity index (χ4v) is 5.54. The number of carbonyl (C=O) groups excluding carboxylic acids is 1. The highest BCUT2D eigenvalue weighted by atomic mass is 16.3. The second kappa shape index (κ2) is 6.55. The van der Waals surface area contributed by atoms with Crippen LogP contribution < -0.4 is 0 Å². The molecule has 23 heavy (non-hydrogen) atoms. The molecule has 1 fully saturated rings. The molecular weight excluding hydrogens is 284 g/mol. The maximum atomic E-state index is 11.9. The molecule has 1 saturated carbocycles. The van der Waals surface area contributed by atoms with Gasteiger partial charge in [0.1, 0.15) is 0 Å². The van der Waals surface area contributed by atoms with Crippen molar-refractivity contribution in [3.05, 3.63) is 23.3 Å². The molecule has 128 valence electrons. The maximum absolute atomic E-state index is 11.9. The van der Waals surface area contributed by atoms with E-state index in [1.165, 1.54) is 24.8 Å². The van der Waals surface area contributed by atoms with Crippen LogP contribution in [0.25, 0.3) is 0 Å². The number of aliphatic hydroxyl groups excluding tert-OH is 1. The quantitative estimate of drug-likeness (QED) is 0.704. The number of hydrogen-bond donors (Lipinski definition) is 1. The molecule has 0 aromatic carbocycles. The molecule has 5 atom stereocenters. The molecule has 0 amide bonds. The molecule has 2 heteroatoms. The van der Waals surface area contributed by atoms with E-state index in [9.17, 15) is 9.90 Å². The third-order valence-electron chi connectivity index (χ3n) is 6.99. The van der Waals surface area contributed by atoms with Crippen molar-refractivity contribution in [2.24, 2.45) is 23.2 Å². The Morgan fingerprint density at radius 3 is 2.74 bits per heavy atom. The van der Waals surface area contributed by atoms with E-state index < -0.39 is 0 Å². The van der Waals surface area contributed by atoms with Crippen LogP contribution in [0.1, 0.15) is 72.1 Å². The minimum Gasteiger partial charge on any atom is -0.393 e. The van der Waals surface area contributed by atoms with Crippen LogP contribution in [-0.4, -0.2) is 17.0 Å². The minimum absolute atomic E-state index is 0.132. The predicted octanol–water partition coefficient (Wildman–Crippen LogP) is 4.83. The number of fused-ring (bicyclic) bond motifs is 3. The van der Waals surface area contributed by atoms with E-state index in [2.05, 4.69) is 26.0 Å². The first kappa shape index (κ1) is 17.0. The van der Waals surface area contributed by atoms with Gasteiger partial charge < -0.3 is 5.11 Å². The average Bonchev–Trinajstić information content (AvgIpc) is 2.57. The number of allylic oxidation sites excluding steroid dienone is 3. The smallest absolute Gasteiger partial charge is 0.155 e. The summed E-state index contributed by atoms with van der Waals surface area (Å²) in [5.41, 5.74) is 2.85. The summed E-state index contributed by atoms with van der Waals surface area (Å²) in [7, 11) is 0. The van der Waals surface area contributed by atoms with Gasteiger partial charge in [-0.05, 0) is 87.0 Å². The minimum atomic E-state index is -0.132. The van der Waals surface area contributed by atoms with E-state index >= 15 is 0 Å². The summed E-state index contributed by atoms with van der Waals surface area (Å²) in [6, 6.07) is 0. The van der Waals surface area contributed by atoms with Gasteiger partial charge in [-0.1, -0.05) is 31.6 Å². The predicted molar refractivity (Wildman–Crippen MR) is 94.0 cm³/mol. The van der Waals surface area contributed by atoms with Gasteiger partial charge in [0.05, 0.1) is 6.10 Å². The Kier molecular flexibility index (Phi) is 4.83. The lowest BCUT2D eigenvalue weighted by atomic mass is 9.55. The largest absolute Gasteiger partial charge is 0.393 e. The highest BCUT2D eigenvalue weighted by Crippen LogP contribution is 2.55. The molecule has 0 radical (unpaired) electrons. The van der Waals surface area contributed by atoms with Crippen molar-refractivity contribution in [2.75, 3.05) is 0 Å². The van der Waals surface area contributed by atoms with Gasteiger partial charge >= 0.3 is 0 Å². The van der Waals surface area contributed by atoms with Gasteiger partial charge in [0, 0.05) is 0 Å². The highest BCUT2D eigenvalue weighted by molar-refractivity contribution is 5.93. The Hall–Kier alpha value is -0.890. The molecule has 3 aliphatic carbocycles. The van der Waals surface area contributed by atoms with Crippen LogP contribution in [0.15, 0.2) is 23.3 Å². The standard InChI is InChI=1S/C21H32O2/c1-14-7-10-20-16(5-4-6-19(14)15(2)22)8-9-17-13-18(23)11-12-21(17,20)3/h6,9,14,16,18,20,23H,4-5,7-8,10-13H2,1-3H3. The normalized spacial score (nSPS) is 41.4. The summed E-state index contributed by atoms with van der Waals surface area (Å²) in [6.07, 6.45) is 13.3. The Labute approximate surface area is 141 Å². The molecule has 0 aromatic rings. The molecule has 0 aliphatic heterocycles. The zero-order chi connectivity index (χ0) is 16.6. The van der Waals surface area contributed by atoms with Crippen molar-refractivity contribution < 1.29 is 9.90 Å². The van der Waals surface area contributed by atoms with E-state index in [0.29, 0.717) is 5.92 Å². The SMILES string of the molecule is CC(=O)C1=CCCC2CC=C3CC(O)CCC3(C)C2CCC1C. The number of hydrogen-bond acceptors (Lipinski definition) is 2. The fraction of sp³-hybridized carbons (Fsp3) is 0.762. The van der Waals surface area contributed by atoms with Crippen LogP contribution in [0.5, 0.6) is 0 Å². The molecule has 3 rings (SSSR count). The van der Waals surface area contributed by atoms with Crippen molar-refractivity contribution in [2.45, 2.75) is 78.2 Å². The first-order chi connectivity index (χ1) is 10.9. The second-order valence-electron chi connectivity index (χ2n) is 8.42. The molecule has 2 nitrogen and oxygen atoms in total. The third kappa shape index (κ3) is 3.20. The van der Waals surface area contributed by atoms with Gasteiger partial charge in [0.25, 0.3) is 0 Å². The third-order valence-corrected chi connectivity index (χ3v) is 6.99. The lowest BCUT2D eigenvalue weighted by Crippen LogP contribution is -2.42. The van der Waals surface area contributed by atoms with Crippen LogP contribution in [-0.2, 0) is 4.79 Å². The van der Waals surface area contributed by atoms with Crippen molar-refractivity contribution in [3.63, 3.8) is 0 Å². The summed E-state index contributed by atoms with van der Waals surface area (Å²) in [6.45, 7) is 6.39. The molecular formula is C21H32O2. The number of ketones is 1. The summed E-state index contributed by atoms with van der Waals surface area (Å²) in [5.74, 6) is 2.11. The van der Waals surface area contributed by atoms with Crippen molar-refractivity contribution in [1.82, 2.24) is 0 Å². The zero-order valence-corrected chi connectivity index (χ0v) is 15.0. The fourth-order valence-electron chi connectivity index (χ4n) is 5.54. The molecule has 0 heterocycles. The van der Waals surface area contributed by atoms with Crippen molar-refractivity contribution >= 4 is 5.78 Å². The van der Waals surface area contributed by atoms with Crippen LogP contribution in [0.2, 0.25) is 0 Å². The van der Waals surface area contributed by atoms with E-state index in [0.717, 1.165) is 49.5 Å². The summed E-state index contributed by atoms with van der Waals surface area (Å²) < 4.78 is 0. The molecule has 0 aromatic heterocycles. The Morgan fingerprint density at radius 2 is 2.00 bits per heavy atom. The molecule has 0 spiro atoms. The monoisotopic (exact) mass is 316 g/mol. The maximum Gasteiger partial charge on any atom is 0.155 e. The average molecular weight is 316 g/mol. The van der Waals surface area contributed by atoms with Gasteiger partial charge in [0.15, 0.2) is 5.78 Å². The first-order valence-corrected chi connectivity index (χ1v) is 9.50. The second-order valence-corrected chi connectivity index (χ2v) is 8.42. The molecule has 0 saturated heterocycles. The lowest BCUT2D eigenvalue weighted by molar-refractivity contribution is -0.114. The Morgan fingerprint density at radius 1 is 1.22 bits per heavy atom. The molecule has 0 bridgehead atoms. The van der Waals surface area contributed by atoms with Crippen LogP contribution in [0.3, 0.4) is 0 Å². The number of rotatable bonds is 1. The van der Waals surface area contributed by atoms with Crippen LogP contribution in [0, 0.1) is 23.2 Å². The van der Waals surface area contributed by atoms with Gasteiger partial charge in [0.2, 0.25) is 0 Å². The van der Waals surface area contributed by atoms with E-state index in [-0.39, 0.29) is 17.3 Å². The molecule has 5 unspecified atom stereocenters. The van der Waals surface area contributed by atoms with E-state index in [1.807, 2.05) is 0 Å². The Balaban J connectivity index is 1.84. The van der Waals surface area contributed by atoms with E-state index in [1.54, 1.807) is 6.92 Å². The molecule has 1 N–H and O–H groups in total.